The number of halogens is 3. The van der Waals surface area contributed by atoms with Crippen molar-refractivity contribution in [3.8, 4) is 11.4 Å². The van der Waals surface area contributed by atoms with Gasteiger partial charge in [0.15, 0.2) is 22.8 Å². The van der Waals surface area contributed by atoms with Gasteiger partial charge in [0, 0.05) is 7.05 Å². The van der Waals surface area contributed by atoms with Crippen molar-refractivity contribution >= 4 is 28.7 Å². The smallest absolute Gasteiger partial charge is 0.325 e. The van der Waals surface area contributed by atoms with E-state index in [4.69, 9.17) is 5.73 Å². The van der Waals surface area contributed by atoms with Crippen molar-refractivity contribution in [1.82, 2.24) is 19.5 Å². The lowest BCUT2D eigenvalue weighted by Crippen LogP contribution is -2.34. The second kappa shape index (κ2) is 6.89. The van der Waals surface area contributed by atoms with Crippen LogP contribution in [0.3, 0.4) is 0 Å². The predicted molar refractivity (Wildman–Crippen MR) is 99.8 cm³/mol. The number of carbonyl (C=O) groups excluding carboxylic acids is 1. The van der Waals surface area contributed by atoms with Gasteiger partial charge in [0.2, 0.25) is 0 Å². The van der Waals surface area contributed by atoms with Crippen LogP contribution in [-0.2, 0) is 7.05 Å². The Kier molecular flexibility index (Phi) is 4.38. The zero-order valence-electron chi connectivity index (χ0n) is 15.0. The molecule has 2 N–H and O–H groups in total. The number of amides is 2. The summed E-state index contributed by atoms with van der Waals surface area (Å²) >= 11 is 0. The van der Waals surface area contributed by atoms with Crippen LogP contribution in [0.4, 0.5) is 29.5 Å². The number of benzene rings is 2. The van der Waals surface area contributed by atoms with Crippen molar-refractivity contribution in [2.45, 2.75) is 0 Å². The third-order valence-electron chi connectivity index (χ3n) is 4.25. The third-order valence-corrected chi connectivity index (χ3v) is 4.25. The van der Waals surface area contributed by atoms with E-state index in [0.29, 0.717) is 4.90 Å². The maximum atomic E-state index is 14.4. The average molecular weight is 398 g/mol. The summed E-state index contributed by atoms with van der Waals surface area (Å²) in [6.07, 6.45) is 1.38. The lowest BCUT2D eigenvalue weighted by atomic mass is 10.2. The fraction of sp³-hybridized carbons (Fsp3) is 0.0526. The molecule has 7 nitrogen and oxygen atoms in total. The van der Waals surface area contributed by atoms with E-state index in [2.05, 4.69) is 15.0 Å². The quantitative estimate of drug-likeness (QED) is 0.570. The number of fused-ring (bicyclic) bond motifs is 1. The van der Waals surface area contributed by atoms with E-state index < -0.39 is 29.2 Å². The second-order valence-corrected chi connectivity index (χ2v) is 6.12. The molecule has 0 atom stereocenters. The highest BCUT2D eigenvalue weighted by molar-refractivity contribution is 6.04. The molecular formula is C19H13F3N6O. The summed E-state index contributed by atoms with van der Waals surface area (Å²) in [5.41, 5.74) is 5.04. The molecule has 0 fully saturated rings. The number of anilines is 2. The number of rotatable bonds is 3. The SMILES string of the molecule is Cn1cnc2c(N(C(N)=O)c3c(F)cccc3F)nc(-c3ccccc3F)nc21. The number of urea groups is 1. The van der Waals surface area contributed by atoms with Crippen molar-refractivity contribution in [2.24, 2.45) is 12.8 Å². The Morgan fingerprint density at radius 2 is 1.66 bits per heavy atom. The lowest BCUT2D eigenvalue weighted by molar-refractivity contribution is 0.255. The molecule has 4 aromatic rings. The van der Waals surface area contributed by atoms with Gasteiger partial charge in [-0.2, -0.15) is 0 Å². The Balaban J connectivity index is 2.06. The fourth-order valence-electron chi connectivity index (χ4n) is 2.93. The van der Waals surface area contributed by atoms with Crippen molar-refractivity contribution in [3.63, 3.8) is 0 Å². The molecule has 0 aliphatic heterocycles. The van der Waals surface area contributed by atoms with Gasteiger partial charge in [-0.05, 0) is 24.3 Å². The van der Waals surface area contributed by atoms with Gasteiger partial charge in [0.25, 0.3) is 0 Å². The molecule has 2 aromatic heterocycles. The van der Waals surface area contributed by atoms with Gasteiger partial charge in [0.1, 0.15) is 23.1 Å². The molecule has 0 saturated heterocycles. The average Bonchev–Trinajstić information content (AvgIpc) is 3.05. The first-order chi connectivity index (χ1) is 13.9. The maximum absolute atomic E-state index is 14.4. The van der Waals surface area contributed by atoms with Crippen molar-refractivity contribution in [2.75, 3.05) is 4.90 Å². The third kappa shape index (κ3) is 3.04. The first-order valence-electron chi connectivity index (χ1n) is 8.36. The molecule has 10 heteroatoms. The zero-order valence-corrected chi connectivity index (χ0v) is 15.0. The molecule has 4 rings (SSSR count). The molecule has 146 valence electrons. The van der Waals surface area contributed by atoms with Gasteiger partial charge in [-0.1, -0.05) is 18.2 Å². The highest BCUT2D eigenvalue weighted by Gasteiger charge is 2.28. The van der Waals surface area contributed by atoms with E-state index in [1.165, 1.54) is 29.1 Å². The number of imidazole rings is 1. The number of hydrogen-bond acceptors (Lipinski definition) is 4. The van der Waals surface area contributed by atoms with Crippen LogP contribution in [0, 0.1) is 17.5 Å². The Bertz CT molecular complexity index is 1240. The second-order valence-electron chi connectivity index (χ2n) is 6.12. The summed E-state index contributed by atoms with van der Waals surface area (Å²) in [6.45, 7) is 0. The topological polar surface area (TPSA) is 89.9 Å². The molecule has 0 bridgehead atoms. The molecular weight excluding hydrogens is 385 g/mol. The number of primary amides is 1. The van der Waals surface area contributed by atoms with Crippen molar-refractivity contribution in [3.05, 3.63) is 66.2 Å². The Morgan fingerprint density at radius 3 is 2.31 bits per heavy atom. The van der Waals surface area contributed by atoms with E-state index in [1.807, 2.05) is 0 Å². The van der Waals surface area contributed by atoms with E-state index in [1.54, 1.807) is 13.1 Å². The molecule has 2 aromatic carbocycles. The molecule has 29 heavy (non-hydrogen) atoms. The summed E-state index contributed by atoms with van der Waals surface area (Å²) < 4.78 is 44.7. The molecule has 0 aliphatic carbocycles. The summed E-state index contributed by atoms with van der Waals surface area (Å²) in [6, 6.07) is 7.63. The number of carbonyl (C=O) groups is 1. The largest absolute Gasteiger partial charge is 0.351 e. The minimum Gasteiger partial charge on any atom is -0.351 e. The number of hydrogen-bond donors (Lipinski definition) is 1. The van der Waals surface area contributed by atoms with Crippen molar-refractivity contribution in [1.29, 1.82) is 0 Å². The van der Waals surface area contributed by atoms with Gasteiger partial charge >= 0.3 is 6.03 Å². The fourth-order valence-corrected chi connectivity index (χ4v) is 2.93. The van der Waals surface area contributed by atoms with Crippen LogP contribution < -0.4 is 10.6 Å². The summed E-state index contributed by atoms with van der Waals surface area (Å²) in [5.74, 6) is -3.04. The maximum Gasteiger partial charge on any atom is 0.325 e. The number of aromatic nitrogens is 4. The van der Waals surface area contributed by atoms with Crippen LogP contribution in [0.15, 0.2) is 48.8 Å². The van der Waals surface area contributed by atoms with Gasteiger partial charge in [-0.15, -0.1) is 0 Å². The first kappa shape index (κ1) is 18.4. The molecule has 2 amide bonds. The van der Waals surface area contributed by atoms with Crippen LogP contribution in [-0.4, -0.2) is 25.6 Å². The summed E-state index contributed by atoms with van der Waals surface area (Å²) in [5, 5.41) is 0. The van der Waals surface area contributed by atoms with E-state index in [-0.39, 0.29) is 28.4 Å². The van der Waals surface area contributed by atoms with Crippen LogP contribution in [0.2, 0.25) is 0 Å². The number of nitrogens with two attached hydrogens (primary N) is 1. The Labute approximate surface area is 162 Å². The number of para-hydroxylation sites is 1. The summed E-state index contributed by atoms with van der Waals surface area (Å²) in [7, 11) is 1.62. The van der Waals surface area contributed by atoms with Crippen LogP contribution in [0.1, 0.15) is 0 Å². The number of aryl methyl sites for hydroxylation is 1. The normalized spacial score (nSPS) is 11.0. The highest BCUT2D eigenvalue weighted by Crippen LogP contribution is 2.34. The standard InChI is InChI=1S/C19H13F3N6O/c1-27-9-24-14-17(27)25-16(10-5-2-3-6-11(10)20)26-18(14)28(19(23)29)15-12(21)7-4-8-13(15)22/h2-9H,1H3,(H2,23,29). The van der Waals surface area contributed by atoms with E-state index in [9.17, 15) is 18.0 Å². The molecule has 0 spiro atoms. The first-order valence-corrected chi connectivity index (χ1v) is 8.36. The van der Waals surface area contributed by atoms with Crippen LogP contribution in [0.25, 0.3) is 22.6 Å². The van der Waals surface area contributed by atoms with Crippen LogP contribution in [0.5, 0.6) is 0 Å². The molecule has 0 radical (unpaired) electrons. The Hall–Kier alpha value is -3.95. The molecule has 0 saturated carbocycles. The Morgan fingerprint density at radius 1 is 1.00 bits per heavy atom. The van der Waals surface area contributed by atoms with Crippen LogP contribution >= 0.6 is 0 Å². The monoisotopic (exact) mass is 398 g/mol. The van der Waals surface area contributed by atoms with E-state index in [0.717, 1.165) is 18.2 Å². The zero-order chi connectivity index (χ0) is 20.7. The van der Waals surface area contributed by atoms with Gasteiger partial charge in [0.05, 0.1) is 11.9 Å². The molecule has 0 aliphatic rings. The summed E-state index contributed by atoms with van der Waals surface area (Å²) in [4.78, 5) is 25.4. The number of nitrogens with zero attached hydrogens (tertiary/aromatic N) is 5. The predicted octanol–water partition coefficient (Wildman–Crippen LogP) is 3.66. The highest BCUT2D eigenvalue weighted by atomic mass is 19.1. The molecule has 0 unspecified atom stereocenters. The van der Waals surface area contributed by atoms with Crippen molar-refractivity contribution < 1.29 is 18.0 Å². The minimum absolute atomic E-state index is 0.0373. The van der Waals surface area contributed by atoms with Gasteiger partial charge in [-0.25, -0.2) is 37.8 Å². The minimum atomic E-state index is -1.20. The molecule has 2 heterocycles. The van der Waals surface area contributed by atoms with Gasteiger partial charge in [-0.3, -0.25) is 0 Å². The van der Waals surface area contributed by atoms with E-state index >= 15 is 0 Å². The lowest BCUT2D eigenvalue weighted by Gasteiger charge is -2.21. The van der Waals surface area contributed by atoms with Gasteiger partial charge < -0.3 is 10.3 Å².